The molecule has 4 nitrogen and oxygen atoms in total. The molecule has 2 atom stereocenters. The van der Waals surface area contributed by atoms with E-state index in [4.69, 9.17) is 14.2 Å². The van der Waals surface area contributed by atoms with Crippen molar-refractivity contribution < 1.29 is 19.0 Å². The second-order valence-corrected chi connectivity index (χ2v) is 12.4. The van der Waals surface area contributed by atoms with Gasteiger partial charge in [-0.2, -0.15) is 0 Å². The monoisotopic (exact) mass is 582 g/mol. The summed E-state index contributed by atoms with van der Waals surface area (Å²) in [5, 5.41) is 0. The van der Waals surface area contributed by atoms with Crippen molar-refractivity contribution in [2.75, 3.05) is 0 Å². The zero-order valence-electron chi connectivity index (χ0n) is 26.4. The molecule has 0 fully saturated rings. The lowest BCUT2D eigenvalue weighted by Gasteiger charge is -2.42. The topological polar surface area (TPSA) is 44.8 Å². The maximum atomic E-state index is 13.5. The molecule has 0 amide bonds. The second-order valence-electron chi connectivity index (χ2n) is 12.4. The molecule has 2 aliphatic heterocycles. The Hall–Kier alpha value is -3.11. The zero-order valence-corrected chi connectivity index (χ0v) is 26.4. The molecule has 43 heavy (non-hydrogen) atoms. The molecule has 5 rings (SSSR count). The molecule has 3 aromatic rings. The number of hydrogen-bond donors (Lipinski definition) is 0. The molecule has 2 aliphatic rings. The Balaban J connectivity index is 1.38. The predicted molar refractivity (Wildman–Crippen MR) is 174 cm³/mol. The first-order valence-corrected chi connectivity index (χ1v) is 16.9. The molecule has 0 radical (unpaired) electrons. The van der Waals surface area contributed by atoms with Gasteiger partial charge in [0.1, 0.15) is 18.1 Å². The first-order valence-electron chi connectivity index (χ1n) is 16.9. The number of hydrogen-bond acceptors (Lipinski definition) is 4. The van der Waals surface area contributed by atoms with Crippen LogP contribution < -0.4 is 9.47 Å². The van der Waals surface area contributed by atoms with E-state index < -0.39 is 5.79 Å². The smallest absolute Gasteiger partial charge is 0.241 e. The Labute approximate surface area is 259 Å². The number of rotatable bonds is 17. The van der Waals surface area contributed by atoms with Crippen LogP contribution in [0.15, 0.2) is 66.7 Å². The van der Waals surface area contributed by atoms with Crippen molar-refractivity contribution in [1.29, 1.82) is 0 Å². The summed E-state index contributed by atoms with van der Waals surface area (Å²) < 4.78 is 20.0. The van der Waals surface area contributed by atoms with Crippen LogP contribution in [0.2, 0.25) is 0 Å². The summed E-state index contributed by atoms with van der Waals surface area (Å²) in [4.78, 5) is 13.5. The van der Waals surface area contributed by atoms with Gasteiger partial charge < -0.3 is 14.2 Å². The molecule has 0 unspecified atom stereocenters. The maximum absolute atomic E-state index is 13.5. The van der Waals surface area contributed by atoms with Crippen molar-refractivity contribution in [3.63, 3.8) is 0 Å². The number of fused-ring (bicyclic) bond motifs is 3. The number of carbonyl (C=O) groups excluding carboxylic acids is 1. The largest absolute Gasteiger partial charge is 0.489 e. The minimum Gasteiger partial charge on any atom is -0.489 e. The fraction of sp³-hybridized carbons (Fsp3) is 0.513. The van der Waals surface area contributed by atoms with Gasteiger partial charge in [-0.3, -0.25) is 4.79 Å². The molecule has 0 bridgehead atoms. The van der Waals surface area contributed by atoms with E-state index in [-0.39, 0.29) is 11.7 Å². The van der Waals surface area contributed by atoms with Crippen LogP contribution in [-0.2, 0) is 30.2 Å². The molecule has 0 aliphatic carbocycles. The molecule has 0 aromatic heterocycles. The Bertz CT molecular complexity index is 1320. The first kappa shape index (κ1) is 31.3. The van der Waals surface area contributed by atoms with Crippen molar-refractivity contribution in [2.45, 2.75) is 123 Å². The van der Waals surface area contributed by atoms with Crippen LogP contribution in [0.4, 0.5) is 0 Å². The highest BCUT2D eigenvalue weighted by atomic mass is 16.7. The van der Waals surface area contributed by atoms with E-state index in [0.717, 1.165) is 71.4 Å². The van der Waals surface area contributed by atoms with E-state index in [0.29, 0.717) is 19.6 Å². The average Bonchev–Trinajstić information content (AvgIpc) is 3.40. The number of ketones is 1. The van der Waals surface area contributed by atoms with Crippen molar-refractivity contribution in [3.8, 4) is 11.5 Å². The van der Waals surface area contributed by atoms with Crippen LogP contribution in [0, 0.1) is 5.92 Å². The van der Waals surface area contributed by atoms with Gasteiger partial charge in [0.15, 0.2) is 5.78 Å². The van der Waals surface area contributed by atoms with Gasteiger partial charge in [-0.1, -0.05) is 133 Å². The van der Waals surface area contributed by atoms with Gasteiger partial charge in [0.25, 0.3) is 0 Å². The van der Waals surface area contributed by atoms with Crippen LogP contribution in [-0.4, -0.2) is 5.78 Å². The number of carbonyl (C=O) groups is 1. The molecule has 0 saturated carbocycles. The van der Waals surface area contributed by atoms with E-state index >= 15 is 0 Å². The Morgan fingerprint density at radius 1 is 0.791 bits per heavy atom. The molecule has 0 N–H and O–H groups in total. The highest BCUT2D eigenvalue weighted by Gasteiger charge is 2.52. The lowest BCUT2D eigenvalue weighted by atomic mass is 9.78. The van der Waals surface area contributed by atoms with E-state index in [9.17, 15) is 4.79 Å². The van der Waals surface area contributed by atoms with Crippen LogP contribution in [0.1, 0.15) is 130 Å². The summed E-state index contributed by atoms with van der Waals surface area (Å²) >= 11 is 0. The number of Topliss-reactive ketones (excluding diaryl/α,β-unsaturated/α-hetero) is 1. The average molecular weight is 583 g/mol. The number of unbranched alkanes of at least 4 members (excludes halogenated alkanes) is 9. The van der Waals surface area contributed by atoms with Crippen molar-refractivity contribution >= 4 is 5.78 Å². The van der Waals surface area contributed by atoms with Crippen molar-refractivity contribution in [2.24, 2.45) is 5.92 Å². The van der Waals surface area contributed by atoms with Crippen LogP contribution >= 0.6 is 0 Å². The van der Waals surface area contributed by atoms with E-state index in [1.807, 2.05) is 42.5 Å². The molecule has 4 heteroatoms. The van der Waals surface area contributed by atoms with Crippen LogP contribution in [0.3, 0.4) is 0 Å². The summed E-state index contributed by atoms with van der Waals surface area (Å²) in [6.07, 6.45) is 15.6. The third-order valence-corrected chi connectivity index (χ3v) is 9.27. The second kappa shape index (κ2) is 15.6. The lowest BCUT2D eigenvalue weighted by Crippen LogP contribution is -2.45. The maximum Gasteiger partial charge on any atom is 0.241 e. The fourth-order valence-electron chi connectivity index (χ4n) is 6.84. The molecule has 0 saturated heterocycles. The fourth-order valence-corrected chi connectivity index (χ4v) is 6.84. The Morgan fingerprint density at radius 2 is 1.51 bits per heavy atom. The van der Waals surface area contributed by atoms with Crippen molar-refractivity contribution in [3.05, 3.63) is 94.5 Å². The number of benzene rings is 3. The minimum absolute atomic E-state index is 0.121. The Morgan fingerprint density at radius 3 is 2.30 bits per heavy atom. The summed E-state index contributed by atoms with van der Waals surface area (Å²) in [6, 6.07) is 22.5. The van der Waals surface area contributed by atoms with Gasteiger partial charge in [-0.05, 0) is 37.0 Å². The predicted octanol–water partition coefficient (Wildman–Crippen LogP) is 10.5. The third kappa shape index (κ3) is 7.52. The van der Waals surface area contributed by atoms with E-state index in [1.165, 1.54) is 51.4 Å². The van der Waals surface area contributed by atoms with E-state index in [2.05, 4.69) is 38.1 Å². The van der Waals surface area contributed by atoms with Crippen LogP contribution in [0.25, 0.3) is 0 Å². The highest BCUT2D eigenvalue weighted by molar-refractivity contribution is 5.98. The minimum atomic E-state index is -0.861. The Kier molecular flexibility index (Phi) is 11.3. The summed E-state index contributed by atoms with van der Waals surface area (Å²) in [6.45, 7) is 5.46. The van der Waals surface area contributed by atoms with Gasteiger partial charge in [0.05, 0.1) is 6.61 Å². The summed E-state index contributed by atoms with van der Waals surface area (Å²) in [5.41, 5.74) is 5.20. The molecule has 2 heterocycles. The highest BCUT2D eigenvalue weighted by Crippen LogP contribution is 2.53. The van der Waals surface area contributed by atoms with Gasteiger partial charge in [-0.15, -0.1) is 0 Å². The summed E-state index contributed by atoms with van der Waals surface area (Å²) in [5.74, 6) is 1.16. The molecular weight excluding hydrogens is 532 g/mol. The number of ether oxygens (including phenoxy) is 3. The molecular formula is C39H50O4. The third-order valence-electron chi connectivity index (χ3n) is 9.27. The molecule has 3 aromatic carbocycles. The SMILES string of the molecule is CCCCCCCCC(=O)c1cccc2c1C[C@@H](CCCCCCC)[C@@]1(OCc3c(OCc4ccccc4)cccc31)O2. The molecule has 230 valence electrons. The zero-order chi connectivity index (χ0) is 29.9. The van der Waals surface area contributed by atoms with Gasteiger partial charge in [-0.25, -0.2) is 0 Å². The van der Waals surface area contributed by atoms with Crippen molar-refractivity contribution in [1.82, 2.24) is 0 Å². The van der Waals surface area contributed by atoms with Crippen LogP contribution in [0.5, 0.6) is 11.5 Å². The summed E-state index contributed by atoms with van der Waals surface area (Å²) in [7, 11) is 0. The standard InChI is InChI=1S/C39H50O4/c1-3-5-7-9-11-16-24-36(40)32-22-17-26-38-33(32)27-31(21-15-10-8-6-4-2)39(43-38)35-23-18-25-37(34(35)29-42-39)41-28-30-19-13-12-14-20-30/h12-14,17-20,22-23,25-26,31H,3-11,15-16,21,24,27-29H2,1-2H3/t31-,39-/m1/s1. The first-order chi connectivity index (χ1) is 21.2. The lowest BCUT2D eigenvalue weighted by molar-refractivity contribution is -0.227. The van der Waals surface area contributed by atoms with Gasteiger partial charge in [0, 0.05) is 34.6 Å². The normalized spacial score (nSPS) is 18.7. The van der Waals surface area contributed by atoms with E-state index in [1.54, 1.807) is 0 Å². The molecule has 1 spiro atoms. The van der Waals surface area contributed by atoms with Gasteiger partial charge in [0.2, 0.25) is 5.79 Å². The van der Waals surface area contributed by atoms with Gasteiger partial charge >= 0.3 is 0 Å². The quantitative estimate of drug-likeness (QED) is 0.117.